The van der Waals surface area contributed by atoms with Crippen LogP contribution in [0, 0.1) is 0 Å². The number of amides is 2. The SMILES string of the molecule is O=C(CCSCCC(=O)NCCCc1ccccc1)NCCCc1ccccc1. The lowest BCUT2D eigenvalue weighted by molar-refractivity contribution is -0.121. The molecular formula is C24H32N2O2S. The Labute approximate surface area is 178 Å². The molecule has 2 amide bonds. The van der Waals surface area contributed by atoms with E-state index >= 15 is 0 Å². The first-order valence-electron chi connectivity index (χ1n) is 10.4. The summed E-state index contributed by atoms with van der Waals surface area (Å²) in [6.45, 7) is 1.42. The number of carbonyl (C=O) groups is 2. The van der Waals surface area contributed by atoms with Crippen LogP contribution in [0.5, 0.6) is 0 Å². The van der Waals surface area contributed by atoms with Crippen molar-refractivity contribution in [3.05, 3.63) is 71.8 Å². The summed E-state index contributed by atoms with van der Waals surface area (Å²) in [6, 6.07) is 20.6. The van der Waals surface area contributed by atoms with E-state index in [2.05, 4.69) is 34.9 Å². The van der Waals surface area contributed by atoms with Crippen LogP contribution < -0.4 is 10.6 Å². The third kappa shape index (κ3) is 11.3. The Bertz CT molecular complexity index is 646. The first-order valence-corrected chi connectivity index (χ1v) is 11.6. The van der Waals surface area contributed by atoms with Gasteiger partial charge in [-0.15, -0.1) is 0 Å². The Kier molecular flexibility index (Phi) is 11.7. The first kappa shape index (κ1) is 23.0. The minimum atomic E-state index is 0.0934. The van der Waals surface area contributed by atoms with Gasteiger partial charge in [0.05, 0.1) is 0 Å². The number of rotatable bonds is 14. The van der Waals surface area contributed by atoms with Gasteiger partial charge in [-0.2, -0.15) is 11.8 Å². The van der Waals surface area contributed by atoms with Gasteiger partial charge in [0.15, 0.2) is 0 Å². The minimum Gasteiger partial charge on any atom is -0.356 e. The fraction of sp³-hybridized carbons (Fsp3) is 0.417. The summed E-state index contributed by atoms with van der Waals surface area (Å²) in [5, 5.41) is 5.94. The summed E-state index contributed by atoms with van der Waals surface area (Å²) >= 11 is 1.66. The van der Waals surface area contributed by atoms with Gasteiger partial charge < -0.3 is 10.6 Å². The summed E-state index contributed by atoms with van der Waals surface area (Å²) in [6.07, 6.45) is 4.89. The van der Waals surface area contributed by atoms with Crippen LogP contribution in [-0.2, 0) is 22.4 Å². The van der Waals surface area contributed by atoms with Crippen LogP contribution in [0.3, 0.4) is 0 Å². The molecule has 4 nitrogen and oxygen atoms in total. The number of benzene rings is 2. The van der Waals surface area contributed by atoms with E-state index in [1.807, 2.05) is 36.4 Å². The molecule has 5 heteroatoms. The maximum Gasteiger partial charge on any atom is 0.220 e. The van der Waals surface area contributed by atoms with Gasteiger partial charge in [-0.25, -0.2) is 0 Å². The van der Waals surface area contributed by atoms with Crippen LogP contribution in [0.25, 0.3) is 0 Å². The molecule has 29 heavy (non-hydrogen) atoms. The van der Waals surface area contributed by atoms with Crippen molar-refractivity contribution in [2.24, 2.45) is 0 Å². The fourth-order valence-electron chi connectivity index (χ4n) is 2.94. The van der Waals surface area contributed by atoms with Gasteiger partial charge in [0.2, 0.25) is 11.8 Å². The molecule has 0 heterocycles. The zero-order valence-corrected chi connectivity index (χ0v) is 17.9. The van der Waals surface area contributed by atoms with Crippen molar-refractivity contribution < 1.29 is 9.59 Å². The second-order valence-electron chi connectivity index (χ2n) is 6.99. The maximum atomic E-state index is 11.8. The fourth-order valence-corrected chi connectivity index (χ4v) is 3.80. The van der Waals surface area contributed by atoms with Gasteiger partial charge in [-0.05, 0) is 36.8 Å². The van der Waals surface area contributed by atoms with Crippen LogP contribution in [0.2, 0.25) is 0 Å². The lowest BCUT2D eigenvalue weighted by Crippen LogP contribution is -2.26. The Balaban J connectivity index is 1.38. The highest BCUT2D eigenvalue weighted by molar-refractivity contribution is 7.99. The zero-order valence-electron chi connectivity index (χ0n) is 17.1. The molecule has 0 unspecified atom stereocenters. The van der Waals surface area contributed by atoms with Crippen molar-refractivity contribution in [1.29, 1.82) is 0 Å². The van der Waals surface area contributed by atoms with Crippen LogP contribution in [0.15, 0.2) is 60.7 Å². The molecule has 0 spiro atoms. The Morgan fingerprint density at radius 3 is 1.48 bits per heavy atom. The topological polar surface area (TPSA) is 58.2 Å². The van der Waals surface area contributed by atoms with Crippen LogP contribution in [-0.4, -0.2) is 36.4 Å². The van der Waals surface area contributed by atoms with E-state index in [0.717, 1.165) is 37.2 Å². The van der Waals surface area contributed by atoms with Gasteiger partial charge in [-0.1, -0.05) is 60.7 Å². The standard InChI is InChI=1S/C24H32N2O2S/c27-23(25-17-7-13-21-9-3-1-4-10-21)15-19-29-20-16-24(28)26-18-8-14-22-11-5-2-6-12-22/h1-6,9-12H,7-8,13-20H2,(H,25,27)(H,26,28). The highest BCUT2D eigenvalue weighted by Crippen LogP contribution is 2.06. The van der Waals surface area contributed by atoms with Crippen molar-refractivity contribution in [2.75, 3.05) is 24.6 Å². The van der Waals surface area contributed by atoms with E-state index in [-0.39, 0.29) is 11.8 Å². The molecule has 0 aromatic heterocycles. The lowest BCUT2D eigenvalue weighted by atomic mass is 10.1. The quantitative estimate of drug-likeness (QED) is 0.461. The van der Waals surface area contributed by atoms with E-state index in [4.69, 9.17) is 0 Å². The normalized spacial score (nSPS) is 10.5. The molecule has 2 aromatic carbocycles. The molecule has 2 aromatic rings. The predicted molar refractivity (Wildman–Crippen MR) is 122 cm³/mol. The summed E-state index contributed by atoms with van der Waals surface area (Å²) in [7, 11) is 0. The number of thioether (sulfide) groups is 1. The van der Waals surface area contributed by atoms with Crippen molar-refractivity contribution in [2.45, 2.75) is 38.5 Å². The van der Waals surface area contributed by atoms with Gasteiger partial charge in [0, 0.05) is 37.4 Å². The van der Waals surface area contributed by atoms with Crippen molar-refractivity contribution in [3.63, 3.8) is 0 Å². The summed E-state index contributed by atoms with van der Waals surface area (Å²) in [5.74, 6) is 1.70. The van der Waals surface area contributed by atoms with Gasteiger partial charge in [0.1, 0.15) is 0 Å². The second-order valence-corrected chi connectivity index (χ2v) is 8.22. The molecule has 0 aliphatic carbocycles. The van der Waals surface area contributed by atoms with E-state index in [9.17, 15) is 9.59 Å². The van der Waals surface area contributed by atoms with E-state index in [1.165, 1.54) is 11.1 Å². The summed E-state index contributed by atoms with van der Waals surface area (Å²) in [5.41, 5.74) is 2.60. The van der Waals surface area contributed by atoms with E-state index in [1.54, 1.807) is 11.8 Å². The molecule has 2 rings (SSSR count). The van der Waals surface area contributed by atoms with E-state index in [0.29, 0.717) is 25.9 Å². The largest absolute Gasteiger partial charge is 0.356 e. The number of hydrogen-bond acceptors (Lipinski definition) is 3. The van der Waals surface area contributed by atoms with Crippen molar-refractivity contribution in [1.82, 2.24) is 10.6 Å². The summed E-state index contributed by atoms with van der Waals surface area (Å²) < 4.78 is 0. The molecule has 2 N–H and O–H groups in total. The zero-order chi connectivity index (χ0) is 20.6. The van der Waals surface area contributed by atoms with Crippen LogP contribution >= 0.6 is 11.8 Å². The molecule has 0 radical (unpaired) electrons. The molecule has 156 valence electrons. The van der Waals surface area contributed by atoms with Crippen LogP contribution in [0.4, 0.5) is 0 Å². The third-order valence-corrected chi connectivity index (χ3v) is 5.55. The number of hydrogen-bond donors (Lipinski definition) is 2. The predicted octanol–water partition coefficient (Wildman–Crippen LogP) is 4.00. The molecule has 0 aliphatic heterocycles. The third-order valence-electron chi connectivity index (χ3n) is 4.56. The van der Waals surface area contributed by atoms with E-state index < -0.39 is 0 Å². The molecule has 0 aliphatic rings. The Morgan fingerprint density at radius 1 is 0.655 bits per heavy atom. The molecule has 0 fully saturated rings. The van der Waals surface area contributed by atoms with Gasteiger partial charge >= 0.3 is 0 Å². The first-order chi connectivity index (χ1) is 14.2. The molecular weight excluding hydrogens is 380 g/mol. The second kappa shape index (κ2) is 14.7. The lowest BCUT2D eigenvalue weighted by Gasteiger charge is -2.07. The highest BCUT2D eigenvalue weighted by atomic mass is 32.2. The number of nitrogens with one attached hydrogen (secondary N) is 2. The maximum absolute atomic E-state index is 11.8. The molecule has 0 bridgehead atoms. The van der Waals surface area contributed by atoms with Gasteiger partial charge in [0.25, 0.3) is 0 Å². The minimum absolute atomic E-state index is 0.0934. The average Bonchev–Trinajstić information content (AvgIpc) is 2.75. The summed E-state index contributed by atoms with van der Waals surface area (Å²) in [4.78, 5) is 23.7. The Morgan fingerprint density at radius 2 is 1.07 bits per heavy atom. The highest BCUT2D eigenvalue weighted by Gasteiger charge is 2.04. The van der Waals surface area contributed by atoms with Crippen molar-refractivity contribution >= 4 is 23.6 Å². The average molecular weight is 413 g/mol. The van der Waals surface area contributed by atoms with Crippen LogP contribution in [0.1, 0.15) is 36.8 Å². The van der Waals surface area contributed by atoms with Crippen molar-refractivity contribution in [3.8, 4) is 0 Å². The number of aryl methyl sites for hydroxylation is 2. The smallest absolute Gasteiger partial charge is 0.220 e. The monoisotopic (exact) mass is 412 g/mol. The Hall–Kier alpha value is -2.27. The van der Waals surface area contributed by atoms with Gasteiger partial charge in [-0.3, -0.25) is 9.59 Å². The number of carbonyl (C=O) groups excluding carboxylic acids is 2. The molecule has 0 saturated carbocycles. The molecule has 0 atom stereocenters. The molecule has 0 saturated heterocycles.